The quantitative estimate of drug-likeness (QED) is 0.569. The van der Waals surface area contributed by atoms with E-state index in [1.165, 1.54) is 6.08 Å². The van der Waals surface area contributed by atoms with E-state index in [2.05, 4.69) is 6.58 Å². The summed E-state index contributed by atoms with van der Waals surface area (Å²) < 4.78 is 17.9. The molecule has 0 atom stereocenters. The van der Waals surface area contributed by atoms with Gasteiger partial charge in [-0.2, -0.15) is 0 Å². The van der Waals surface area contributed by atoms with E-state index in [9.17, 15) is 9.18 Å². The number of aldehydes is 1. The van der Waals surface area contributed by atoms with Crippen molar-refractivity contribution >= 4 is 17.9 Å². The van der Waals surface area contributed by atoms with Crippen LogP contribution in [0, 0.1) is 5.82 Å². The highest BCUT2D eigenvalue weighted by Gasteiger charge is 2.09. The number of carbonyl (C=O) groups is 1. The third-order valence-electron chi connectivity index (χ3n) is 1.51. The van der Waals surface area contributed by atoms with Crippen molar-refractivity contribution < 1.29 is 13.9 Å². The Morgan fingerprint density at radius 3 is 2.86 bits per heavy atom. The van der Waals surface area contributed by atoms with Crippen molar-refractivity contribution in [1.82, 2.24) is 0 Å². The highest BCUT2D eigenvalue weighted by molar-refractivity contribution is 6.32. The van der Waals surface area contributed by atoms with Gasteiger partial charge in [-0.05, 0) is 12.1 Å². The lowest BCUT2D eigenvalue weighted by molar-refractivity contribution is 0.111. The average molecular weight is 215 g/mol. The highest BCUT2D eigenvalue weighted by atomic mass is 35.5. The van der Waals surface area contributed by atoms with Crippen LogP contribution in [0.5, 0.6) is 5.75 Å². The molecule has 0 amide bonds. The standard InChI is InChI=1S/C10H8ClFO2/c1-2-3-14-10-7(6-13)4-8(12)5-9(10)11/h2,4-6H,1,3H2. The lowest BCUT2D eigenvalue weighted by Crippen LogP contribution is -1.98. The normalized spacial score (nSPS) is 9.57. The first-order chi connectivity index (χ1) is 6.69. The van der Waals surface area contributed by atoms with E-state index in [0.29, 0.717) is 6.29 Å². The predicted octanol–water partition coefficient (Wildman–Crippen LogP) is 2.86. The SMILES string of the molecule is C=CCOc1c(Cl)cc(F)cc1C=O. The molecule has 0 aromatic heterocycles. The molecule has 0 saturated carbocycles. The van der Waals surface area contributed by atoms with Gasteiger partial charge in [0.2, 0.25) is 0 Å². The minimum absolute atomic E-state index is 0.0777. The fourth-order valence-corrected chi connectivity index (χ4v) is 1.23. The summed E-state index contributed by atoms with van der Waals surface area (Å²) in [5, 5.41) is 0.0777. The molecule has 14 heavy (non-hydrogen) atoms. The van der Waals surface area contributed by atoms with Crippen LogP contribution in [0.15, 0.2) is 24.8 Å². The summed E-state index contributed by atoms with van der Waals surface area (Å²) in [4.78, 5) is 10.6. The van der Waals surface area contributed by atoms with Gasteiger partial charge in [-0.25, -0.2) is 4.39 Å². The van der Waals surface area contributed by atoms with Crippen molar-refractivity contribution in [3.63, 3.8) is 0 Å². The van der Waals surface area contributed by atoms with Crippen LogP contribution in [0.1, 0.15) is 10.4 Å². The lowest BCUT2D eigenvalue weighted by atomic mass is 10.2. The Labute approximate surface area is 85.9 Å². The first kappa shape index (κ1) is 10.7. The molecule has 0 fully saturated rings. The molecule has 74 valence electrons. The van der Waals surface area contributed by atoms with E-state index < -0.39 is 5.82 Å². The number of benzene rings is 1. The summed E-state index contributed by atoms with van der Waals surface area (Å²) in [5.74, 6) is -0.383. The number of halogens is 2. The van der Waals surface area contributed by atoms with Gasteiger partial charge < -0.3 is 4.74 Å². The molecule has 0 radical (unpaired) electrons. The summed E-state index contributed by atoms with van der Waals surface area (Å²) in [6.45, 7) is 3.66. The largest absolute Gasteiger partial charge is 0.487 e. The molecule has 1 rings (SSSR count). The van der Waals surface area contributed by atoms with Crippen molar-refractivity contribution in [3.05, 3.63) is 41.2 Å². The van der Waals surface area contributed by atoms with Crippen LogP contribution in [0.25, 0.3) is 0 Å². The zero-order chi connectivity index (χ0) is 10.6. The minimum atomic E-state index is -0.567. The number of hydrogen-bond donors (Lipinski definition) is 0. The molecule has 0 N–H and O–H groups in total. The maximum atomic E-state index is 12.8. The van der Waals surface area contributed by atoms with Crippen molar-refractivity contribution in [3.8, 4) is 5.75 Å². The van der Waals surface area contributed by atoms with E-state index in [4.69, 9.17) is 16.3 Å². The van der Waals surface area contributed by atoms with Gasteiger partial charge >= 0.3 is 0 Å². The Bertz CT molecular complexity index is 363. The molecule has 4 heteroatoms. The number of rotatable bonds is 4. The summed E-state index contributed by atoms with van der Waals surface area (Å²) >= 11 is 5.69. The van der Waals surface area contributed by atoms with Gasteiger partial charge in [-0.1, -0.05) is 24.3 Å². The summed E-state index contributed by atoms with van der Waals surface area (Å²) in [6.07, 6.45) is 2.00. The smallest absolute Gasteiger partial charge is 0.153 e. The highest BCUT2D eigenvalue weighted by Crippen LogP contribution is 2.28. The summed E-state index contributed by atoms with van der Waals surface area (Å²) in [5.41, 5.74) is 0.0943. The van der Waals surface area contributed by atoms with Crippen LogP contribution in [0.4, 0.5) is 4.39 Å². The second-order valence-corrected chi connectivity index (χ2v) is 2.93. The fraction of sp³-hybridized carbons (Fsp3) is 0.100. The number of ether oxygens (including phenoxy) is 1. The van der Waals surface area contributed by atoms with Crippen molar-refractivity contribution in [2.24, 2.45) is 0 Å². The summed E-state index contributed by atoms with van der Waals surface area (Å²) in [6, 6.07) is 2.16. The Balaban J connectivity index is 3.11. The Hall–Kier alpha value is -1.35. The molecule has 0 unspecified atom stereocenters. The molecule has 0 bridgehead atoms. The number of carbonyl (C=O) groups excluding carboxylic acids is 1. The maximum absolute atomic E-state index is 12.8. The lowest BCUT2D eigenvalue weighted by Gasteiger charge is -2.07. The van der Waals surface area contributed by atoms with Gasteiger partial charge in [-0.15, -0.1) is 0 Å². The fourth-order valence-electron chi connectivity index (χ4n) is 0.962. The van der Waals surface area contributed by atoms with Gasteiger partial charge in [-0.3, -0.25) is 4.79 Å². The first-order valence-corrected chi connectivity index (χ1v) is 4.24. The number of hydrogen-bond acceptors (Lipinski definition) is 2. The molecule has 1 aromatic carbocycles. The van der Waals surface area contributed by atoms with Gasteiger partial charge in [0.25, 0.3) is 0 Å². The molecule has 1 aromatic rings. The van der Waals surface area contributed by atoms with Gasteiger partial charge in [0.15, 0.2) is 6.29 Å². The Kier molecular flexibility index (Phi) is 3.65. The first-order valence-electron chi connectivity index (χ1n) is 3.87. The topological polar surface area (TPSA) is 26.3 Å². The average Bonchev–Trinajstić information content (AvgIpc) is 2.15. The van der Waals surface area contributed by atoms with Crippen molar-refractivity contribution in [2.75, 3.05) is 6.61 Å². The van der Waals surface area contributed by atoms with Crippen LogP contribution in [0.2, 0.25) is 5.02 Å². The van der Waals surface area contributed by atoms with Crippen molar-refractivity contribution in [2.45, 2.75) is 0 Å². The molecule has 0 spiro atoms. The zero-order valence-electron chi connectivity index (χ0n) is 7.30. The summed E-state index contributed by atoms with van der Waals surface area (Å²) in [7, 11) is 0. The van der Waals surface area contributed by atoms with E-state index in [1.807, 2.05) is 0 Å². The van der Waals surface area contributed by atoms with Crippen molar-refractivity contribution in [1.29, 1.82) is 0 Å². The van der Waals surface area contributed by atoms with E-state index in [1.54, 1.807) is 0 Å². The molecular weight excluding hydrogens is 207 g/mol. The monoisotopic (exact) mass is 214 g/mol. The molecule has 2 nitrogen and oxygen atoms in total. The Morgan fingerprint density at radius 2 is 2.29 bits per heavy atom. The molecule has 0 aliphatic carbocycles. The molecule has 0 heterocycles. The minimum Gasteiger partial charge on any atom is -0.487 e. The molecular formula is C10H8ClFO2. The predicted molar refractivity (Wildman–Crippen MR) is 52.5 cm³/mol. The zero-order valence-corrected chi connectivity index (χ0v) is 8.05. The second-order valence-electron chi connectivity index (χ2n) is 2.52. The van der Waals surface area contributed by atoms with Crippen LogP contribution >= 0.6 is 11.6 Å². The second kappa shape index (κ2) is 4.77. The van der Waals surface area contributed by atoms with Crippen LogP contribution in [-0.2, 0) is 0 Å². The van der Waals surface area contributed by atoms with E-state index in [-0.39, 0.29) is 22.9 Å². The van der Waals surface area contributed by atoms with Crippen LogP contribution < -0.4 is 4.74 Å². The third-order valence-corrected chi connectivity index (χ3v) is 1.79. The van der Waals surface area contributed by atoms with Gasteiger partial charge in [0.1, 0.15) is 18.2 Å². The van der Waals surface area contributed by atoms with Crippen LogP contribution in [0.3, 0.4) is 0 Å². The molecule has 0 saturated heterocycles. The molecule has 0 aliphatic heterocycles. The van der Waals surface area contributed by atoms with E-state index in [0.717, 1.165) is 12.1 Å². The maximum Gasteiger partial charge on any atom is 0.153 e. The van der Waals surface area contributed by atoms with Gasteiger partial charge in [0, 0.05) is 0 Å². The third kappa shape index (κ3) is 2.33. The van der Waals surface area contributed by atoms with Crippen LogP contribution in [-0.4, -0.2) is 12.9 Å². The molecule has 0 aliphatic rings. The Morgan fingerprint density at radius 1 is 1.57 bits per heavy atom. The van der Waals surface area contributed by atoms with Gasteiger partial charge in [0.05, 0.1) is 10.6 Å². The van der Waals surface area contributed by atoms with E-state index >= 15 is 0 Å².